The fourth-order valence-corrected chi connectivity index (χ4v) is 3.26. The average molecular weight is 514 g/mol. The number of carbonyl (C=O) groups is 4. The smallest absolute Gasteiger partial charge is 0.305 e. The molecule has 0 aromatic heterocycles. The number of hydrogen-bond acceptors (Lipinski definition) is 5. The van der Waals surface area contributed by atoms with Gasteiger partial charge in [-0.2, -0.15) is 0 Å². The van der Waals surface area contributed by atoms with Gasteiger partial charge in [0.2, 0.25) is 11.8 Å². The van der Waals surface area contributed by atoms with Gasteiger partial charge in [0, 0.05) is 24.3 Å². The van der Waals surface area contributed by atoms with Crippen LogP contribution >= 0.6 is 0 Å². The molecule has 9 heteroatoms. The molecule has 0 heterocycles. The van der Waals surface area contributed by atoms with E-state index in [0.717, 1.165) is 0 Å². The number of aliphatic carboxylic acids is 1. The Morgan fingerprint density at radius 2 is 1.51 bits per heavy atom. The molecule has 0 aliphatic carbocycles. The number of carbonyl (C=O) groups excluding carboxylic acids is 3. The summed E-state index contributed by atoms with van der Waals surface area (Å²) in [6.07, 6.45) is 0.363. The lowest BCUT2D eigenvalue weighted by molar-refractivity contribution is -0.138. The van der Waals surface area contributed by atoms with E-state index in [4.69, 9.17) is 9.84 Å². The Balaban J connectivity index is 0.00000334. The van der Waals surface area contributed by atoms with Crippen LogP contribution < -0.4 is 10.1 Å². The molecular formula is C28H39N3O6. The lowest BCUT2D eigenvalue weighted by Gasteiger charge is -2.28. The van der Waals surface area contributed by atoms with Crippen LogP contribution in [0.25, 0.3) is 0 Å². The zero-order valence-electron chi connectivity index (χ0n) is 22.4. The van der Waals surface area contributed by atoms with E-state index in [1.54, 1.807) is 48.5 Å². The summed E-state index contributed by atoms with van der Waals surface area (Å²) in [6, 6.07) is 15.3. The number of rotatable bonds is 13. The Hall–Kier alpha value is -3.88. The highest BCUT2D eigenvalue weighted by Crippen LogP contribution is 2.14. The summed E-state index contributed by atoms with van der Waals surface area (Å²) in [6.45, 7) is 7.71. The molecule has 0 aliphatic rings. The minimum atomic E-state index is -1.08. The fourth-order valence-electron chi connectivity index (χ4n) is 3.26. The second-order valence-corrected chi connectivity index (χ2v) is 8.51. The molecule has 0 aliphatic heterocycles. The first-order valence-electron chi connectivity index (χ1n) is 12.5. The Morgan fingerprint density at radius 1 is 0.892 bits per heavy atom. The van der Waals surface area contributed by atoms with E-state index in [1.165, 1.54) is 16.9 Å². The molecule has 0 unspecified atom stereocenters. The van der Waals surface area contributed by atoms with Gasteiger partial charge in [-0.25, -0.2) is 0 Å². The minimum absolute atomic E-state index is 0.139. The topological polar surface area (TPSA) is 116 Å². The number of nitrogens with zero attached hydrogens (tertiary/aromatic N) is 2. The SMILES string of the molecule is CC.COc1ccc(C(=O)N(CCC(=O)O)CC(=O)N(CCC(C)C)CC(=O)Nc2ccccc2)cc1. The van der Waals surface area contributed by atoms with Crippen molar-refractivity contribution in [3.05, 3.63) is 60.2 Å². The minimum Gasteiger partial charge on any atom is -0.497 e. The van der Waals surface area contributed by atoms with E-state index in [2.05, 4.69) is 5.32 Å². The van der Waals surface area contributed by atoms with E-state index in [9.17, 15) is 19.2 Å². The highest BCUT2D eigenvalue weighted by molar-refractivity contribution is 5.98. The van der Waals surface area contributed by atoms with Crippen molar-refractivity contribution >= 4 is 29.4 Å². The molecule has 2 aromatic rings. The van der Waals surface area contributed by atoms with Gasteiger partial charge in [0.1, 0.15) is 12.3 Å². The quantitative estimate of drug-likeness (QED) is 0.416. The molecule has 2 aromatic carbocycles. The van der Waals surface area contributed by atoms with Gasteiger partial charge in [0.05, 0.1) is 20.1 Å². The van der Waals surface area contributed by atoms with Crippen molar-refractivity contribution in [1.82, 2.24) is 9.80 Å². The van der Waals surface area contributed by atoms with Gasteiger partial charge in [0.25, 0.3) is 5.91 Å². The number of hydrogen-bond donors (Lipinski definition) is 2. The molecule has 0 spiro atoms. The normalized spacial score (nSPS) is 10.1. The first-order chi connectivity index (χ1) is 17.7. The molecular weight excluding hydrogens is 474 g/mol. The molecule has 3 amide bonds. The number of ether oxygens (including phenoxy) is 1. The van der Waals surface area contributed by atoms with Crippen LogP contribution in [0.2, 0.25) is 0 Å². The molecule has 0 saturated heterocycles. The molecule has 0 bridgehead atoms. The summed E-state index contributed by atoms with van der Waals surface area (Å²) in [5.74, 6) is -1.47. The van der Waals surface area contributed by atoms with Crippen molar-refractivity contribution < 1.29 is 29.0 Å². The second kappa shape index (κ2) is 16.7. The lowest BCUT2D eigenvalue weighted by Crippen LogP contribution is -2.46. The third kappa shape index (κ3) is 11.6. The van der Waals surface area contributed by atoms with Crippen molar-refractivity contribution in [2.75, 3.05) is 38.6 Å². The van der Waals surface area contributed by atoms with E-state index >= 15 is 0 Å². The van der Waals surface area contributed by atoms with Crippen LogP contribution in [-0.4, -0.2) is 71.9 Å². The van der Waals surface area contributed by atoms with Crippen LogP contribution in [0.3, 0.4) is 0 Å². The number of carboxylic acids is 1. The largest absolute Gasteiger partial charge is 0.497 e. The Kier molecular flexibility index (Phi) is 14.1. The monoisotopic (exact) mass is 513 g/mol. The van der Waals surface area contributed by atoms with Crippen molar-refractivity contribution in [2.24, 2.45) is 5.92 Å². The molecule has 202 valence electrons. The number of benzene rings is 2. The maximum atomic E-state index is 13.2. The summed E-state index contributed by atoms with van der Waals surface area (Å²) in [7, 11) is 1.51. The summed E-state index contributed by atoms with van der Waals surface area (Å²) >= 11 is 0. The number of nitrogens with one attached hydrogen (secondary N) is 1. The third-order valence-corrected chi connectivity index (χ3v) is 5.27. The molecule has 9 nitrogen and oxygen atoms in total. The van der Waals surface area contributed by atoms with E-state index in [1.807, 2.05) is 33.8 Å². The van der Waals surface area contributed by atoms with Gasteiger partial charge in [-0.1, -0.05) is 45.9 Å². The van der Waals surface area contributed by atoms with Gasteiger partial charge < -0.3 is 25.0 Å². The molecule has 0 fully saturated rings. The highest BCUT2D eigenvalue weighted by atomic mass is 16.5. The van der Waals surface area contributed by atoms with Gasteiger partial charge in [0.15, 0.2) is 0 Å². The molecule has 0 saturated carbocycles. The predicted octanol–water partition coefficient (Wildman–Crippen LogP) is 4.15. The van der Waals surface area contributed by atoms with Crippen LogP contribution in [0.4, 0.5) is 5.69 Å². The highest BCUT2D eigenvalue weighted by Gasteiger charge is 2.24. The van der Waals surface area contributed by atoms with Crippen LogP contribution in [0.5, 0.6) is 5.75 Å². The number of carboxylic acid groups (broad SMARTS) is 1. The molecule has 37 heavy (non-hydrogen) atoms. The Morgan fingerprint density at radius 3 is 2.05 bits per heavy atom. The number of para-hydroxylation sites is 1. The number of methoxy groups -OCH3 is 1. The van der Waals surface area contributed by atoms with Gasteiger partial charge >= 0.3 is 5.97 Å². The number of anilines is 1. The molecule has 2 rings (SSSR count). The molecule has 0 atom stereocenters. The average Bonchev–Trinajstić information content (AvgIpc) is 2.90. The lowest BCUT2D eigenvalue weighted by atomic mass is 10.1. The van der Waals surface area contributed by atoms with Crippen molar-refractivity contribution in [2.45, 2.75) is 40.5 Å². The second-order valence-electron chi connectivity index (χ2n) is 8.51. The zero-order valence-corrected chi connectivity index (χ0v) is 22.4. The standard InChI is InChI=1S/C26H33N3O6.C2H6/c1-19(2)13-15-28(17-23(30)27-21-7-5-4-6-8-21)24(31)18-29(16-14-25(32)33)26(34)20-9-11-22(35-3)12-10-20;1-2/h4-12,19H,13-18H2,1-3H3,(H,27,30)(H,32,33);1-2H3. The van der Waals surface area contributed by atoms with Crippen LogP contribution in [0, 0.1) is 5.92 Å². The van der Waals surface area contributed by atoms with Gasteiger partial charge in [-0.3, -0.25) is 19.2 Å². The maximum absolute atomic E-state index is 13.2. The van der Waals surface area contributed by atoms with E-state index < -0.39 is 17.8 Å². The summed E-state index contributed by atoms with van der Waals surface area (Å²) in [5, 5.41) is 11.9. The van der Waals surface area contributed by atoms with Crippen LogP contribution in [0.1, 0.15) is 50.9 Å². The fraction of sp³-hybridized carbons (Fsp3) is 0.429. The Labute approximate surface area is 219 Å². The van der Waals surface area contributed by atoms with Crippen molar-refractivity contribution in [3.63, 3.8) is 0 Å². The summed E-state index contributed by atoms with van der Waals surface area (Å²) in [5.41, 5.74) is 0.922. The number of amides is 3. The Bertz CT molecular complexity index is 993. The van der Waals surface area contributed by atoms with Crippen LogP contribution in [0.15, 0.2) is 54.6 Å². The molecule has 2 N–H and O–H groups in total. The van der Waals surface area contributed by atoms with Crippen LogP contribution in [-0.2, 0) is 14.4 Å². The summed E-state index contributed by atoms with van der Waals surface area (Å²) in [4.78, 5) is 52.7. The van der Waals surface area contributed by atoms with Crippen molar-refractivity contribution in [1.29, 1.82) is 0 Å². The summed E-state index contributed by atoms with van der Waals surface area (Å²) < 4.78 is 5.11. The first kappa shape index (κ1) is 31.2. The molecule has 0 radical (unpaired) electrons. The first-order valence-corrected chi connectivity index (χ1v) is 12.5. The predicted molar refractivity (Wildman–Crippen MR) is 144 cm³/mol. The third-order valence-electron chi connectivity index (χ3n) is 5.27. The zero-order chi connectivity index (χ0) is 27.8. The van der Waals surface area contributed by atoms with Gasteiger partial charge in [-0.15, -0.1) is 0 Å². The van der Waals surface area contributed by atoms with E-state index in [0.29, 0.717) is 35.9 Å². The maximum Gasteiger partial charge on any atom is 0.305 e. The van der Waals surface area contributed by atoms with Crippen molar-refractivity contribution in [3.8, 4) is 5.75 Å². The van der Waals surface area contributed by atoms with E-state index in [-0.39, 0.29) is 32.0 Å². The van der Waals surface area contributed by atoms with Gasteiger partial charge in [-0.05, 0) is 48.7 Å².